The molecule has 0 amide bonds. The number of hydrogen-bond donors (Lipinski definition) is 1. The van der Waals surface area contributed by atoms with Crippen molar-refractivity contribution in [1.29, 1.82) is 0 Å². The van der Waals surface area contributed by atoms with Crippen molar-refractivity contribution in [3.8, 4) is 22.4 Å². The number of nitrogens with one attached hydrogen (secondary N) is 1. The van der Waals surface area contributed by atoms with Gasteiger partial charge in [-0.25, -0.2) is 15.0 Å². The van der Waals surface area contributed by atoms with Gasteiger partial charge in [-0.15, -0.1) is 0 Å². The lowest BCUT2D eigenvalue weighted by atomic mass is 10.1. The number of rotatable bonds is 4. The predicted octanol–water partition coefficient (Wildman–Crippen LogP) is 3.83. The number of fused-ring (bicyclic) bond motifs is 1. The van der Waals surface area contributed by atoms with Crippen molar-refractivity contribution in [2.45, 2.75) is 44.2 Å². The third kappa shape index (κ3) is 3.87. The molecule has 7 rings (SSSR count). The molecular weight excluding hydrogens is 452 g/mol. The molecule has 1 saturated carbocycles. The van der Waals surface area contributed by atoms with Gasteiger partial charge in [-0.3, -0.25) is 4.68 Å². The summed E-state index contributed by atoms with van der Waals surface area (Å²) in [5.74, 6) is 1.05. The summed E-state index contributed by atoms with van der Waals surface area (Å²) in [6.45, 7) is 6.95. The monoisotopic (exact) mass is 484 g/mol. The second-order valence-corrected chi connectivity index (χ2v) is 10.7. The van der Waals surface area contributed by atoms with E-state index in [0.717, 1.165) is 103 Å². The van der Waals surface area contributed by atoms with Gasteiger partial charge in [0.1, 0.15) is 11.3 Å². The van der Waals surface area contributed by atoms with E-state index in [9.17, 15) is 0 Å². The minimum atomic E-state index is 0.0768. The highest BCUT2D eigenvalue weighted by Gasteiger charge is 2.47. The Balaban J connectivity index is 1.17. The number of aromatic nitrogens is 6. The molecule has 3 aliphatic rings. The van der Waals surface area contributed by atoms with E-state index in [2.05, 4.69) is 50.7 Å². The molecule has 2 aliphatic heterocycles. The fraction of sp³-hybridized carbons (Fsp3) is 0.481. The van der Waals surface area contributed by atoms with Crippen molar-refractivity contribution in [3.63, 3.8) is 0 Å². The molecule has 1 spiro atoms. The smallest absolute Gasteiger partial charge is 0.156 e. The maximum Gasteiger partial charge on any atom is 0.156 e. The summed E-state index contributed by atoms with van der Waals surface area (Å²) in [6.07, 6.45) is 14.4. The number of morpholine rings is 1. The van der Waals surface area contributed by atoms with Crippen LogP contribution in [0.15, 0.2) is 37.1 Å². The Bertz CT molecular complexity index is 1410. The lowest BCUT2D eigenvalue weighted by molar-refractivity contribution is 0.0203. The van der Waals surface area contributed by atoms with Crippen LogP contribution in [-0.4, -0.2) is 80.1 Å². The van der Waals surface area contributed by atoms with Crippen molar-refractivity contribution in [2.24, 2.45) is 0 Å². The Morgan fingerprint density at radius 1 is 1.06 bits per heavy atom. The molecule has 2 saturated heterocycles. The van der Waals surface area contributed by atoms with Gasteiger partial charge in [0.2, 0.25) is 0 Å². The molecule has 0 aromatic carbocycles. The molecule has 0 unspecified atom stereocenters. The van der Waals surface area contributed by atoms with Crippen LogP contribution in [0.1, 0.15) is 37.3 Å². The first kappa shape index (κ1) is 21.9. The van der Waals surface area contributed by atoms with Crippen molar-refractivity contribution in [3.05, 3.63) is 42.6 Å². The quantitative estimate of drug-likeness (QED) is 0.471. The molecule has 36 heavy (non-hydrogen) atoms. The number of ether oxygens (including phenoxy) is 1. The molecule has 1 N–H and O–H groups in total. The van der Waals surface area contributed by atoms with Gasteiger partial charge in [-0.1, -0.05) is 0 Å². The molecule has 9 nitrogen and oxygen atoms in total. The van der Waals surface area contributed by atoms with Crippen molar-refractivity contribution < 1.29 is 4.74 Å². The summed E-state index contributed by atoms with van der Waals surface area (Å²) in [6, 6.07) is 2.63. The number of piperidine rings is 1. The molecular formula is C27H32N8O. The Kier molecular flexibility index (Phi) is 5.11. The summed E-state index contributed by atoms with van der Waals surface area (Å²) in [5.41, 5.74) is 6.78. The molecule has 6 heterocycles. The minimum Gasteiger partial charge on any atom is -0.371 e. The van der Waals surface area contributed by atoms with Crippen LogP contribution >= 0.6 is 0 Å². The van der Waals surface area contributed by atoms with Gasteiger partial charge in [0.05, 0.1) is 36.3 Å². The summed E-state index contributed by atoms with van der Waals surface area (Å²) >= 11 is 0. The highest BCUT2D eigenvalue weighted by atomic mass is 16.5. The van der Waals surface area contributed by atoms with E-state index in [1.807, 2.05) is 24.8 Å². The van der Waals surface area contributed by atoms with Crippen LogP contribution in [0, 0.1) is 6.92 Å². The van der Waals surface area contributed by atoms with E-state index in [0.29, 0.717) is 6.04 Å². The van der Waals surface area contributed by atoms with Crippen LogP contribution in [0.3, 0.4) is 0 Å². The van der Waals surface area contributed by atoms with Crippen molar-refractivity contribution in [2.75, 3.05) is 44.7 Å². The van der Waals surface area contributed by atoms with Gasteiger partial charge in [0.25, 0.3) is 0 Å². The third-order valence-electron chi connectivity index (χ3n) is 8.06. The van der Waals surface area contributed by atoms with Crippen LogP contribution in [-0.2, 0) is 4.74 Å². The van der Waals surface area contributed by atoms with E-state index in [1.54, 1.807) is 0 Å². The van der Waals surface area contributed by atoms with Crippen LogP contribution in [0.4, 0.5) is 5.82 Å². The van der Waals surface area contributed by atoms with E-state index in [1.165, 1.54) is 0 Å². The first-order valence-corrected chi connectivity index (χ1v) is 13.0. The average Bonchev–Trinajstić information content (AvgIpc) is 3.28. The first-order valence-electron chi connectivity index (χ1n) is 13.0. The third-order valence-corrected chi connectivity index (χ3v) is 8.06. The fourth-order valence-corrected chi connectivity index (χ4v) is 5.69. The normalized spacial score (nSPS) is 20.4. The lowest BCUT2D eigenvalue weighted by Crippen LogP contribution is -2.44. The molecule has 0 atom stereocenters. The van der Waals surface area contributed by atoms with Gasteiger partial charge in [0, 0.05) is 48.4 Å². The van der Waals surface area contributed by atoms with Gasteiger partial charge in [0.15, 0.2) is 5.65 Å². The van der Waals surface area contributed by atoms with Crippen LogP contribution in [0.2, 0.25) is 0 Å². The zero-order valence-corrected chi connectivity index (χ0v) is 20.9. The number of H-pyrrole nitrogens is 1. The largest absolute Gasteiger partial charge is 0.371 e. The first-order chi connectivity index (χ1) is 17.6. The lowest BCUT2D eigenvalue weighted by Gasteiger charge is -2.34. The Morgan fingerprint density at radius 3 is 2.72 bits per heavy atom. The number of anilines is 1. The zero-order chi connectivity index (χ0) is 24.3. The predicted molar refractivity (Wildman–Crippen MR) is 139 cm³/mol. The van der Waals surface area contributed by atoms with E-state index >= 15 is 0 Å². The van der Waals surface area contributed by atoms with Crippen molar-refractivity contribution >= 4 is 17.0 Å². The van der Waals surface area contributed by atoms with Crippen LogP contribution in [0.5, 0.6) is 0 Å². The number of likely N-dealkylation sites (tertiary alicyclic amines) is 1. The van der Waals surface area contributed by atoms with Gasteiger partial charge < -0.3 is 19.5 Å². The highest BCUT2D eigenvalue weighted by Crippen LogP contribution is 2.43. The van der Waals surface area contributed by atoms with Gasteiger partial charge in [-0.2, -0.15) is 5.10 Å². The maximum atomic E-state index is 5.98. The fourth-order valence-electron chi connectivity index (χ4n) is 5.69. The Morgan fingerprint density at radius 2 is 1.92 bits per heavy atom. The average molecular weight is 485 g/mol. The summed E-state index contributed by atoms with van der Waals surface area (Å²) in [4.78, 5) is 22.6. The highest BCUT2D eigenvalue weighted by molar-refractivity contribution is 5.91. The number of aryl methyl sites for hydroxylation is 1. The topological polar surface area (TPSA) is 88.0 Å². The molecule has 186 valence electrons. The summed E-state index contributed by atoms with van der Waals surface area (Å²) < 4.78 is 8.11. The van der Waals surface area contributed by atoms with E-state index in [4.69, 9.17) is 19.8 Å². The molecule has 0 radical (unpaired) electrons. The van der Waals surface area contributed by atoms with Crippen LogP contribution in [0.25, 0.3) is 33.5 Å². The molecule has 4 aromatic rings. The van der Waals surface area contributed by atoms with E-state index < -0.39 is 0 Å². The number of pyridine rings is 1. The number of hydrogen-bond acceptors (Lipinski definition) is 7. The van der Waals surface area contributed by atoms with E-state index in [-0.39, 0.29) is 5.60 Å². The molecule has 4 aromatic heterocycles. The molecule has 9 heteroatoms. The summed E-state index contributed by atoms with van der Waals surface area (Å²) in [7, 11) is 2.18. The Hall–Kier alpha value is -3.30. The van der Waals surface area contributed by atoms with Gasteiger partial charge >= 0.3 is 0 Å². The molecule has 1 aliphatic carbocycles. The minimum absolute atomic E-state index is 0.0768. The van der Waals surface area contributed by atoms with Crippen molar-refractivity contribution in [1.82, 2.24) is 34.6 Å². The zero-order valence-electron chi connectivity index (χ0n) is 20.9. The number of nitrogens with zero attached hydrogens (tertiary/aromatic N) is 7. The number of aromatic amines is 1. The second-order valence-electron chi connectivity index (χ2n) is 10.7. The van der Waals surface area contributed by atoms with Crippen LogP contribution < -0.4 is 4.90 Å². The molecule has 0 bridgehead atoms. The summed E-state index contributed by atoms with van der Waals surface area (Å²) in [5, 5.41) is 4.70. The Labute approximate surface area is 210 Å². The molecule has 3 fully saturated rings. The standard InChI is InChI=1S/C27H32N8O/c1-18-11-19(12-30-26(18)34-9-10-36-27(17-34)5-6-27)23-15-29-25-24(32-23)22(14-28-25)20-13-31-35(16-20)21-3-7-33(2)8-4-21/h11-16,21H,3-10,17H2,1-2H3,(H,28,29). The van der Waals surface area contributed by atoms with Gasteiger partial charge in [-0.05, 0) is 64.4 Å². The maximum absolute atomic E-state index is 5.98. The second kappa shape index (κ2) is 8.38. The SMILES string of the molecule is Cc1cc(-c2cnc3[nH]cc(-c4cnn(C5CCN(C)CC5)c4)c3n2)cnc1N1CCOC2(CC2)C1.